The molecule has 0 aromatic heterocycles. The summed E-state index contributed by atoms with van der Waals surface area (Å²) in [5.41, 5.74) is 22.4. The van der Waals surface area contributed by atoms with Crippen LogP contribution < -0.4 is 0 Å². The van der Waals surface area contributed by atoms with Gasteiger partial charge in [-0.25, -0.2) is 0 Å². The highest BCUT2D eigenvalue weighted by atomic mass is 14.5. The van der Waals surface area contributed by atoms with Crippen LogP contribution >= 0.6 is 0 Å². The van der Waals surface area contributed by atoms with Crippen LogP contribution in [0.1, 0.15) is 55.5 Å². The summed E-state index contributed by atoms with van der Waals surface area (Å²) in [6.45, 7) is 12.1. The van der Waals surface area contributed by atoms with E-state index in [2.05, 4.69) is 235 Å². The third kappa shape index (κ3) is 5.32. The maximum atomic E-state index is 2.57. The number of fused-ring (bicyclic) bond motifs is 10. The normalized spacial score (nSPS) is 14.2. The van der Waals surface area contributed by atoms with Crippen LogP contribution in [0.5, 0.6) is 0 Å². The topological polar surface area (TPSA) is 0 Å². The van der Waals surface area contributed by atoms with E-state index in [1.807, 2.05) is 0 Å². The zero-order valence-electron chi connectivity index (χ0n) is 37.6. The second-order valence-corrected chi connectivity index (χ2v) is 19.6. The van der Waals surface area contributed by atoms with Crippen LogP contribution in [-0.4, -0.2) is 0 Å². The molecule has 0 amide bonds. The smallest absolute Gasteiger partial charge is 0.0159 e. The van der Waals surface area contributed by atoms with Gasteiger partial charge in [-0.1, -0.05) is 204 Å². The summed E-state index contributed by atoms with van der Waals surface area (Å²) in [7, 11) is 0. The van der Waals surface area contributed by atoms with E-state index in [0.29, 0.717) is 0 Å². The highest BCUT2D eigenvalue weighted by molar-refractivity contribution is 6.23. The van der Waals surface area contributed by atoms with Crippen LogP contribution in [0.25, 0.3) is 110 Å². The van der Waals surface area contributed by atoms with E-state index in [1.165, 1.54) is 138 Å². The van der Waals surface area contributed by atoms with Gasteiger partial charge in [0.25, 0.3) is 0 Å². The molecule has 13 rings (SSSR count). The molecule has 2 aliphatic rings. The SMILES string of the molecule is Cc1cc(-c2c3ccccc3c(-c3ccccc3)c3ccccc23)cc2c1-c1cc3c(cc1C2(C)C)-c1ccc(-c2c4ccccc4c(-c4ccccc4)c4ccccc24)cc1C3(C)C. The Bertz CT molecular complexity index is 3690. The molecule has 0 N–H and O–H groups in total. The Kier molecular flexibility index (Phi) is 8.02. The minimum Gasteiger partial charge on any atom is -0.0622 e. The van der Waals surface area contributed by atoms with Gasteiger partial charge >= 0.3 is 0 Å². The van der Waals surface area contributed by atoms with Gasteiger partial charge in [-0.2, -0.15) is 0 Å². The lowest BCUT2D eigenvalue weighted by Gasteiger charge is -2.25. The van der Waals surface area contributed by atoms with E-state index in [0.717, 1.165) is 0 Å². The fourth-order valence-electron chi connectivity index (χ4n) is 12.3. The first-order valence-corrected chi connectivity index (χ1v) is 23.2. The van der Waals surface area contributed by atoms with Crippen molar-refractivity contribution >= 4 is 43.1 Å². The molecule has 0 saturated carbocycles. The Hall–Kier alpha value is -7.54. The summed E-state index contributed by atoms with van der Waals surface area (Å²) >= 11 is 0. The van der Waals surface area contributed by atoms with Gasteiger partial charge in [0.2, 0.25) is 0 Å². The third-order valence-electron chi connectivity index (χ3n) is 15.3. The van der Waals surface area contributed by atoms with Gasteiger partial charge in [0.1, 0.15) is 0 Å². The fourth-order valence-corrected chi connectivity index (χ4v) is 12.3. The minimum atomic E-state index is -0.193. The molecule has 0 bridgehead atoms. The van der Waals surface area contributed by atoms with E-state index in [4.69, 9.17) is 0 Å². The predicted octanol–water partition coefficient (Wildman–Crippen LogP) is 17.9. The molecule has 0 unspecified atom stereocenters. The van der Waals surface area contributed by atoms with Crippen molar-refractivity contribution in [1.82, 2.24) is 0 Å². The lowest BCUT2D eigenvalue weighted by molar-refractivity contribution is 0.652. The summed E-state index contributed by atoms with van der Waals surface area (Å²) in [6, 6.07) is 75.3. The average molecular weight is 829 g/mol. The second kappa shape index (κ2) is 13.7. The van der Waals surface area contributed by atoms with Gasteiger partial charge in [-0.15, -0.1) is 0 Å². The molecule has 65 heavy (non-hydrogen) atoms. The Labute approximate surface area is 381 Å². The van der Waals surface area contributed by atoms with Crippen molar-refractivity contribution in [2.75, 3.05) is 0 Å². The third-order valence-corrected chi connectivity index (χ3v) is 15.3. The fraction of sp³-hybridized carbons (Fsp3) is 0.108. The van der Waals surface area contributed by atoms with Crippen LogP contribution in [-0.2, 0) is 10.8 Å². The lowest BCUT2D eigenvalue weighted by Crippen LogP contribution is -2.17. The standard InChI is InChI=1S/C65H48/c1-39-34-43(63-51-30-18-14-26-47(51)61(41-22-10-7-11-23-41)48-27-15-19-31-52(48)63)36-58-59(39)54-38-56-53(37-57(54)65(58,4)5)44-33-32-42(35-55(44)64(56,2)3)62-49-28-16-12-24-45(49)60(40-20-8-6-9-21-40)46-25-13-17-29-50(46)62/h6-38H,1-5H3. The number of rotatable bonds is 4. The summed E-state index contributed by atoms with van der Waals surface area (Å²) in [6.07, 6.45) is 0. The van der Waals surface area contributed by atoms with Gasteiger partial charge in [0.05, 0.1) is 0 Å². The Morgan fingerprint density at radius 1 is 0.246 bits per heavy atom. The van der Waals surface area contributed by atoms with Crippen LogP contribution in [0.3, 0.4) is 0 Å². The molecule has 0 heterocycles. The molecule has 0 saturated heterocycles. The number of hydrogen-bond acceptors (Lipinski definition) is 0. The molecule has 0 spiro atoms. The van der Waals surface area contributed by atoms with E-state index < -0.39 is 0 Å². The van der Waals surface area contributed by atoms with Crippen molar-refractivity contribution in [2.45, 2.75) is 45.4 Å². The van der Waals surface area contributed by atoms with Crippen molar-refractivity contribution in [1.29, 1.82) is 0 Å². The quantitative estimate of drug-likeness (QED) is 0.155. The van der Waals surface area contributed by atoms with Gasteiger partial charge < -0.3 is 0 Å². The molecule has 0 radical (unpaired) electrons. The molecule has 2 aliphatic carbocycles. The average Bonchev–Trinajstić information content (AvgIpc) is 3.70. The summed E-state index contributed by atoms with van der Waals surface area (Å²) in [5.74, 6) is 0. The molecule has 11 aromatic carbocycles. The van der Waals surface area contributed by atoms with Gasteiger partial charge in [-0.3, -0.25) is 0 Å². The van der Waals surface area contributed by atoms with Crippen molar-refractivity contribution < 1.29 is 0 Å². The molecule has 11 aromatic rings. The zero-order valence-corrected chi connectivity index (χ0v) is 37.6. The van der Waals surface area contributed by atoms with Gasteiger partial charge in [0, 0.05) is 10.8 Å². The minimum absolute atomic E-state index is 0.190. The monoisotopic (exact) mass is 828 g/mol. The van der Waals surface area contributed by atoms with Crippen molar-refractivity contribution in [2.24, 2.45) is 0 Å². The van der Waals surface area contributed by atoms with Gasteiger partial charge in [0.15, 0.2) is 0 Å². The Balaban J connectivity index is 0.966. The lowest BCUT2D eigenvalue weighted by atomic mass is 9.78. The van der Waals surface area contributed by atoms with Crippen molar-refractivity contribution in [3.05, 3.63) is 228 Å². The Morgan fingerprint density at radius 3 is 1.05 bits per heavy atom. The molecule has 0 heteroatoms. The van der Waals surface area contributed by atoms with Crippen molar-refractivity contribution in [3.63, 3.8) is 0 Å². The number of aryl methyl sites for hydroxylation is 1. The Morgan fingerprint density at radius 2 is 0.585 bits per heavy atom. The first-order chi connectivity index (χ1) is 31.7. The predicted molar refractivity (Wildman–Crippen MR) is 278 cm³/mol. The van der Waals surface area contributed by atoms with Crippen molar-refractivity contribution in [3.8, 4) is 66.8 Å². The van der Waals surface area contributed by atoms with E-state index in [1.54, 1.807) is 0 Å². The van der Waals surface area contributed by atoms with E-state index in [9.17, 15) is 0 Å². The highest BCUT2D eigenvalue weighted by Gasteiger charge is 2.42. The maximum absolute atomic E-state index is 2.57. The highest BCUT2D eigenvalue weighted by Crippen LogP contribution is 2.58. The molecule has 0 aliphatic heterocycles. The van der Waals surface area contributed by atoms with Gasteiger partial charge in [-0.05, 0) is 169 Å². The first-order valence-electron chi connectivity index (χ1n) is 23.2. The molecule has 0 fully saturated rings. The number of hydrogen-bond donors (Lipinski definition) is 0. The summed E-state index contributed by atoms with van der Waals surface area (Å²) in [5, 5.41) is 10.3. The second-order valence-electron chi connectivity index (χ2n) is 19.6. The molecule has 308 valence electrons. The maximum Gasteiger partial charge on any atom is 0.0159 e. The largest absolute Gasteiger partial charge is 0.0622 e. The van der Waals surface area contributed by atoms with E-state index in [-0.39, 0.29) is 10.8 Å². The van der Waals surface area contributed by atoms with Crippen LogP contribution in [0.15, 0.2) is 200 Å². The molecular formula is C65H48. The van der Waals surface area contributed by atoms with Crippen LogP contribution in [0, 0.1) is 6.92 Å². The van der Waals surface area contributed by atoms with E-state index >= 15 is 0 Å². The summed E-state index contributed by atoms with van der Waals surface area (Å²) in [4.78, 5) is 0. The molecular weight excluding hydrogens is 781 g/mol. The molecule has 0 nitrogen and oxygen atoms in total. The van der Waals surface area contributed by atoms with Crippen LogP contribution in [0.2, 0.25) is 0 Å². The number of benzene rings is 11. The van der Waals surface area contributed by atoms with Crippen LogP contribution in [0.4, 0.5) is 0 Å². The molecule has 0 atom stereocenters. The summed E-state index contributed by atoms with van der Waals surface area (Å²) < 4.78 is 0. The first kappa shape index (κ1) is 38.0. The zero-order chi connectivity index (χ0) is 43.8.